The van der Waals surface area contributed by atoms with Crippen molar-refractivity contribution >= 4 is 17.4 Å². The number of rotatable bonds is 5. The molecule has 0 radical (unpaired) electrons. The number of hydrogen-bond donors (Lipinski definition) is 1. The third kappa shape index (κ3) is 5.68. The van der Waals surface area contributed by atoms with Gasteiger partial charge >= 0.3 is 6.18 Å². The summed E-state index contributed by atoms with van der Waals surface area (Å²) in [5, 5.41) is 3.11. The number of hydrazone groups is 1. The minimum Gasteiger partial charge on any atom is -0.497 e. The average Bonchev–Trinajstić information content (AvgIpc) is 2.48. The Bertz CT molecular complexity index is 629. The third-order valence-corrected chi connectivity index (χ3v) is 3.14. The molecule has 1 aromatic rings. The summed E-state index contributed by atoms with van der Waals surface area (Å²) in [5.41, 5.74) is -0.332. The van der Waals surface area contributed by atoms with Crippen molar-refractivity contribution in [1.82, 2.24) is 5.43 Å². The predicted octanol–water partition coefficient (Wildman–Crippen LogP) is 3.35. The first-order chi connectivity index (χ1) is 10.9. The Labute approximate surface area is 137 Å². The summed E-state index contributed by atoms with van der Waals surface area (Å²) in [4.78, 5) is 23.6. The third-order valence-electron chi connectivity index (χ3n) is 3.14. The molecule has 8 heteroatoms. The molecule has 0 saturated carbocycles. The molecule has 0 fully saturated rings. The predicted molar refractivity (Wildman–Crippen MR) is 83.0 cm³/mol. The lowest BCUT2D eigenvalue weighted by molar-refractivity contribution is -0.126. The van der Waals surface area contributed by atoms with E-state index in [1.54, 1.807) is 0 Å². The molecule has 1 rings (SSSR count). The van der Waals surface area contributed by atoms with Gasteiger partial charge < -0.3 is 4.74 Å². The maximum absolute atomic E-state index is 13.0. The van der Waals surface area contributed by atoms with Crippen molar-refractivity contribution in [2.24, 2.45) is 10.5 Å². The number of nitrogens with one attached hydrogen (secondary N) is 1. The van der Waals surface area contributed by atoms with Crippen molar-refractivity contribution in [3.63, 3.8) is 0 Å². The number of nitrogens with zero attached hydrogens (tertiary/aromatic N) is 1. The molecule has 0 bridgehead atoms. The van der Waals surface area contributed by atoms with Crippen LogP contribution >= 0.6 is 0 Å². The quantitative estimate of drug-likeness (QED) is 0.658. The zero-order valence-electron chi connectivity index (χ0n) is 13.8. The molecule has 0 saturated heterocycles. The molecular formula is C16H19F3N2O3. The van der Waals surface area contributed by atoms with Crippen molar-refractivity contribution in [3.05, 3.63) is 29.8 Å². The van der Waals surface area contributed by atoms with Crippen LogP contribution in [0.5, 0.6) is 5.75 Å². The highest BCUT2D eigenvalue weighted by Gasteiger charge is 2.39. The Morgan fingerprint density at radius 3 is 2.08 bits per heavy atom. The molecule has 1 amide bonds. The highest BCUT2D eigenvalue weighted by Crippen LogP contribution is 2.24. The van der Waals surface area contributed by atoms with E-state index in [1.165, 1.54) is 52.1 Å². The minimum absolute atomic E-state index is 0.114. The maximum atomic E-state index is 13.0. The molecule has 132 valence electrons. The highest BCUT2D eigenvalue weighted by molar-refractivity contribution is 6.07. The van der Waals surface area contributed by atoms with Gasteiger partial charge in [-0.05, 0) is 24.3 Å². The van der Waals surface area contributed by atoms with Gasteiger partial charge in [0.05, 0.1) is 13.5 Å². The van der Waals surface area contributed by atoms with Gasteiger partial charge in [-0.3, -0.25) is 9.59 Å². The van der Waals surface area contributed by atoms with Crippen molar-refractivity contribution < 1.29 is 27.5 Å². The molecule has 0 heterocycles. The van der Waals surface area contributed by atoms with Crippen LogP contribution in [0.2, 0.25) is 0 Å². The first kappa shape index (κ1) is 19.7. The van der Waals surface area contributed by atoms with Crippen LogP contribution in [0, 0.1) is 5.41 Å². The second-order valence-corrected chi connectivity index (χ2v) is 6.08. The Morgan fingerprint density at radius 1 is 1.12 bits per heavy atom. The fourth-order valence-electron chi connectivity index (χ4n) is 1.55. The number of halogens is 3. The first-order valence-corrected chi connectivity index (χ1v) is 7.06. The van der Waals surface area contributed by atoms with Crippen molar-refractivity contribution in [2.45, 2.75) is 33.4 Å². The van der Waals surface area contributed by atoms with Gasteiger partial charge in [0.15, 0.2) is 0 Å². The molecule has 0 aliphatic heterocycles. The summed E-state index contributed by atoms with van der Waals surface area (Å²) in [6.45, 7) is 4.54. The van der Waals surface area contributed by atoms with E-state index in [0.717, 1.165) is 0 Å². The van der Waals surface area contributed by atoms with Gasteiger partial charge in [0.25, 0.3) is 5.91 Å². The molecule has 0 aromatic heterocycles. The molecule has 0 aliphatic rings. The fraction of sp³-hybridized carbons (Fsp3) is 0.438. The van der Waals surface area contributed by atoms with Crippen molar-refractivity contribution in [2.75, 3.05) is 7.11 Å². The Morgan fingerprint density at radius 2 is 1.67 bits per heavy atom. The first-order valence-electron chi connectivity index (χ1n) is 7.06. The Kier molecular flexibility index (Phi) is 6.11. The van der Waals surface area contributed by atoms with E-state index >= 15 is 0 Å². The summed E-state index contributed by atoms with van der Waals surface area (Å²) >= 11 is 0. The average molecular weight is 344 g/mol. The van der Waals surface area contributed by atoms with Gasteiger partial charge in [0.2, 0.25) is 0 Å². The van der Waals surface area contributed by atoms with Gasteiger partial charge in [-0.2, -0.15) is 18.3 Å². The number of carbonyl (C=O) groups is 2. The fourth-order valence-corrected chi connectivity index (χ4v) is 1.55. The van der Waals surface area contributed by atoms with E-state index < -0.39 is 35.4 Å². The topological polar surface area (TPSA) is 67.8 Å². The van der Waals surface area contributed by atoms with Crippen LogP contribution in [0.25, 0.3) is 0 Å². The Balaban J connectivity index is 2.91. The monoisotopic (exact) mass is 344 g/mol. The summed E-state index contributed by atoms with van der Waals surface area (Å²) in [5.74, 6) is -0.943. The zero-order valence-corrected chi connectivity index (χ0v) is 13.8. The standard InChI is InChI=1S/C16H19F3N2O3/c1-15(2,3)13(22)9-12(16(17,18)19)20-21-14(23)10-5-7-11(24-4)8-6-10/h5-8H,9H2,1-4H3,(H,21,23)/b20-12+. The molecule has 5 nitrogen and oxygen atoms in total. The van der Waals surface area contributed by atoms with Crippen LogP contribution in [0.4, 0.5) is 13.2 Å². The van der Waals surface area contributed by atoms with Crippen molar-refractivity contribution in [3.8, 4) is 5.75 Å². The van der Waals surface area contributed by atoms with Crippen LogP contribution in [0.3, 0.4) is 0 Å². The zero-order chi connectivity index (χ0) is 18.5. The summed E-state index contributed by atoms with van der Waals surface area (Å²) < 4.78 is 43.8. The van der Waals surface area contributed by atoms with Crippen LogP contribution in [-0.2, 0) is 4.79 Å². The number of carbonyl (C=O) groups excluding carboxylic acids is 2. The van der Waals surface area contributed by atoms with Gasteiger partial charge in [0, 0.05) is 11.0 Å². The van der Waals surface area contributed by atoms with Gasteiger partial charge in [-0.1, -0.05) is 20.8 Å². The van der Waals surface area contributed by atoms with E-state index in [2.05, 4.69) is 5.10 Å². The number of methoxy groups -OCH3 is 1. The number of Topliss-reactive ketones (excluding diaryl/α,β-unsaturated/α-hetero) is 1. The van der Waals surface area contributed by atoms with Crippen LogP contribution in [0.15, 0.2) is 29.4 Å². The molecule has 1 aromatic carbocycles. The molecule has 0 aliphatic carbocycles. The normalized spacial score (nSPS) is 12.7. The number of alkyl halides is 3. The SMILES string of the molecule is COc1ccc(C(=O)N/N=C(\CC(=O)C(C)(C)C)C(F)(F)F)cc1. The van der Waals surface area contributed by atoms with Crippen LogP contribution in [-0.4, -0.2) is 30.7 Å². The second-order valence-electron chi connectivity index (χ2n) is 6.08. The van der Waals surface area contributed by atoms with Crippen molar-refractivity contribution in [1.29, 1.82) is 0 Å². The lowest BCUT2D eigenvalue weighted by Crippen LogP contribution is -2.33. The van der Waals surface area contributed by atoms with Crippen LogP contribution in [0.1, 0.15) is 37.6 Å². The van der Waals surface area contributed by atoms with E-state index in [1.807, 2.05) is 5.43 Å². The number of benzene rings is 1. The van der Waals surface area contributed by atoms with Crippen LogP contribution < -0.4 is 10.2 Å². The number of amides is 1. The molecular weight excluding hydrogens is 325 g/mol. The van der Waals surface area contributed by atoms with Gasteiger partial charge in [0.1, 0.15) is 17.2 Å². The molecule has 0 atom stereocenters. The van der Waals surface area contributed by atoms with E-state index in [-0.39, 0.29) is 5.56 Å². The number of ketones is 1. The summed E-state index contributed by atoms with van der Waals surface area (Å²) in [7, 11) is 1.45. The summed E-state index contributed by atoms with van der Waals surface area (Å²) in [6.07, 6.45) is -5.72. The summed E-state index contributed by atoms with van der Waals surface area (Å²) in [6, 6.07) is 5.76. The number of ether oxygens (including phenoxy) is 1. The molecule has 0 unspecified atom stereocenters. The molecule has 0 spiro atoms. The highest BCUT2D eigenvalue weighted by atomic mass is 19.4. The van der Waals surface area contributed by atoms with Gasteiger partial charge in [-0.15, -0.1) is 0 Å². The smallest absolute Gasteiger partial charge is 0.431 e. The molecule has 24 heavy (non-hydrogen) atoms. The largest absolute Gasteiger partial charge is 0.497 e. The maximum Gasteiger partial charge on any atom is 0.431 e. The lowest BCUT2D eigenvalue weighted by Gasteiger charge is -2.18. The minimum atomic E-state index is -4.81. The van der Waals surface area contributed by atoms with E-state index in [4.69, 9.17) is 4.74 Å². The van der Waals surface area contributed by atoms with E-state index in [0.29, 0.717) is 5.75 Å². The Hall–Kier alpha value is -2.38. The lowest BCUT2D eigenvalue weighted by atomic mass is 9.88. The second kappa shape index (κ2) is 7.46. The molecule has 1 N–H and O–H groups in total. The van der Waals surface area contributed by atoms with E-state index in [9.17, 15) is 22.8 Å². The number of hydrogen-bond acceptors (Lipinski definition) is 4. The van der Waals surface area contributed by atoms with Gasteiger partial charge in [-0.25, -0.2) is 5.43 Å².